The van der Waals surface area contributed by atoms with Crippen molar-refractivity contribution in [3.8, 4) is 0 Å². The molecule has 0 heterocycles. The molecular formula is C12H16F2N2O. The zero-order valence-corrected chi connectivity index (χ0v) is 9.89. The fraction of sp³-hybridized carbons (Fsp3) is 0.417. The molecule has 0 atom stereocenters. The predicted molar refractivity (Wildman–Crippen MR) is 62.5 cm³/mol. The van der Waals surface area contributed by atoms with E-state index >= 15 is 0 Å². The number of carbonyl (C=O) groups is 1. The molecule has 1 aromatic rings. The van der Waals surface area contributed by atoms with Gasteiger partial charge in [-0.2, -0.15) is 0 Å². The van der Waals surface area contributed by atoms with E-state index in [4.69, 9.17) is 5.73 Å². The van der Waals surface area contributed by atoms with Crippen molar-refractivity contribution in [2.45, 2.75) is 32.2 Å². The molecule has 1 rings (SSSR count). The fourth-order valence-electron chi connectivity index (χ4n) is 1.24. The maximum atomic E-state index is 13.2. The van der Waals surface area contributed by atoms with Gasteiger partial charge < -0.3 is 11.1 Å². The lowest BCUT2D eigenvalue weighted by Crippen LogP contribution is -2.33. The van der Waals surface area contributed by atoms with Crippen LogP contribution in [0.1, 0.15) is 26.7 Å². The van der Waals surface area contributed by atoms with E-state index in [1.165, 1.54) is 0 Å². The molecule has 3 N–H and O–H groups in total. The molecule has 0 bridgehead atoms. The molecule has 0 aliphatic carbocycles. The summed E-state index contributed by atoms with van der Waals surface area (Å²) in [5.74, 6) is -1.64. The van der Waals surface area contributed by atoms with E-state index in [9.17, 15) is 13.6 Å². The van der Waals surface area contributed by atoms with Crippen LogP contribution >= 0.6 is 0 Å². The minimum atomic E-state index is -0.660. The number of benzene rings is 1. The monoisotopic (exact) mass is 242 g/mol. The average Bonchev–Trinajstić information content (AvgIpc) is 2.20. The maximum absolute atomic E-state index is 13.2. The first-order valence-electron chi connectivity index (χ1n) is 5.32. The van der Waals surface area contributed by atoms with E-state index in [1.54, 1.807) is 13.8 Å². The third-order valence-corrected chi connectivity index (χ3v) is 2.20. The first-order chi connectivity index (χ1) is 7.78. The van der Waals surface area contributed by atoms with Crippen LogP contribution in [0.5, 0.6) is 0 Å². The first kappa shape index (κ1) is 13.6. The first-order valence-corrected chi connectivity index (χ1v) is 5.32. The average molecular weight is 242 g/mol. The number of nitrogens with one attached hydrogen (secondary N) is 1. The lowest BCUT2D eigenvalue weighted by atomic mass is 10.00. The maximum Gasteiger partial charge on any atom is 0.224 e. The summed E-state index contributed by atoms with van der Waals surface area (Å²) in [5, 5.41) is 2.31. The Balaban J connectivity index is 2.59. The van der Waals surface area contributed by atoms with E-state index in [1.807, 2.05) is 0 Å². The number of amides is 1. The molecule has 94 valence electrons. The standard InChI is InChI=1S/C12H16F2N2O/c1-12(2,15)6-5-11(17)16-10-7-8(13)3-4-9(10)14/h3-4,7H,5-6,15H2,1-2H3,(H,16,17). The molecule has 0 saturated heterocycles. The van der Waals surface area contributed by atoms with Crippen LogP contribution in [0.2, 0.25) is 0 Å². The second-order valence-corrected chi connectivity index (χ2v) is 4.66. The number of nitrogens with two attached hydrogens (primary N) is 1. The van der Waals surface area contributed by atoms with Crippen LogP contribution in [0, 0.1) is 11.6 Å². The van der Waals surface area contributed by atoms with Crippen molar-refractivity contribution in [3.63, 3.8) is 0 Å². The van der Waals surface area contributed by atoms with Gasteiger partial charge in [-0.3, -0.25) is 4.79 Å². The van der Waals surface area contributed by atoms with E-state index < -0.39 is 17.2 Å². The van der Waals surface area contributed by atoms with Crippen LogP contribution in [-0.2, 0) is 4.79 Å². The Morgan fingerprint density at radius 3 is 2.65 bits per heavy atom. The summed E-state index contributed by atoms with van der Waals surface area (Å²) in [6.07, 6.45) is 0.634. The summed E-state index contributed by atoms with van der Waals surface area (Å²) in [5.41, 5.74) is 5.11. The van der Waals surface area contributed by atoms with Crippen molar-refractivity contribution in [2.24, 2.45) is 5.73 Å². The van der Waals surface area contributed by atoms with Gasteiger partial charge in [-0.15, -0.1) is 0 Å². The lowest BCUT2D eigenvalue weighted by molar-refractivity contribution is -0.116. The molecule has 17 heavy (non-hydrogen) atoms. The highest BCUT2D eigenvalue weighted by Crippen LogP contribution is 2.16. The summed E-state index contributed by atoms with van der Waals surface area (Å²) >= 11 is 0. The van der Waals surface area contributed by atoms with Crippen molar-refractivity contribution < 1.29 is 13.6 Å². The predicted octanol–water partition coefficient (Wildman–Crippen LogP) is 2.42. The number of anilines is 1. The zero-order valence-electron chi connectivity index (χ0n) is 9.89. The van der Waals surface area contributed by atoms with Gasteiger partial charge in [0.15, 0.2) is 0 Å². The SMILES string of the molecule is CC(C)(N)CCC(=O)Nc1cc(F)ccc1F. The molecule has 3 nitrogen and oxygen atoms in total. The summed E-state index contributed by atoms with van der Waals surface area (Å²) in [7, 11) is 0. The van der Waals surface area contributed by atoms with Gasteiger partial charge in [-0.1, -0.05) is 0 Å². The summed E-state index contributed by atoms with van der Waals surface area (Å²) < 4.78 is 26.0. The second-order valence-electron chi connectivity index (χ2n) is 4.66. The summed E-state index contributed by atoms with van der Waals surface area (Å²) in [6, 6.07) is 2.91. The Bertz CT molecular complexity index is 413. The number of carbonyl (C=O) groups excluding carboxylic acids is 1. The van der Waals surface area contributed by atoms with Gasteiger partial charge in [-0.25, -0.2) is 8.78 Å². The van der Waals surface area contributed by atoms with Crippen molar-refractivity contribution in [3.05, 3.63) is 29.8 Å². The molecular weight excluding hydrogens is 226 g/mol. The molecule has 0 fully saturated rings. The van der Waals surface area contributed by atoms with Crippen molar-refractivity contribution in [1.29, 1.82) is 0 Å². The molecule has 0 radical (unpaired) electrons. The van der Waals surface area contributed by atoms with Crippen molar-refractivity contribution >= 4 is 11.6 Å². The number of hydrogen-bond donors (Lipinski definition) is 2. The Hall–Kier alpha value is -1.49. The Kier molecular flexibility index (Phi) is 4.17. The summed E-state index contributed by atoms with van der Waals surface area (Å²) in [4.78, 5) is 11.5. The third-order valence-electron chi connectivity index (χ3n) is 2.20. The van der Waals surface area contributed by atoms with E-state index in [0.29, 0.717) is 6.42 Å². The molecule has 0 aliphatic heterocycles. The topological polar surface area (TPSA) is 55.1 Å². The minimum Gasteiger partial charge on any atom is -0.326 e. The van der Waals surface area contributed by atoms with Crippen LogP contribution < -0.4 is 11.1 Å². The fourth-order valence-corrected chi connectivity index (χ4v) is 1.24. The normalized spacial score (nSPS) is 11.4. The van der Waals surface area contributed by atoms with E-state index in [-0.39, 0.29) is 18.0 Å². The van der Waals surface area contributed by atoms with Crippen LogP contribution in [0.25, 0.3) is 0 Å². The smallest absolute Gasteiger partial charge is 0.224 e. The van der Waals surface area contributed by atoms with Gasteiger partial charge in [0.05, 0.1) is 5.69 Å². The Labute approximate surface area is 99.0 Å². The van der Waals surface area contributed by atoms with Gasteiger partial charge in [-0.05, 0) is 32.4 Å². The van der Waals surface area contributed by atoms with E-state index in [2.05, 4.69) is 5.32 Å². The lowest BCUT2D eigenvalue weighted by Gasteiger charge is -2.17. The minimum absolute atomic E-state index is 0.148. The van der Waals surface area contributed by atoms with Gasteiger partial charge in [0.25, 0.3) is 0 Å². The third kappa shape index (κ3) is 4.91. The van der Waals surface area contributed by atoms with Gasteiger partial charge in [0, 0.05) is 18.0 Å². The molecule has 0 unspecified atom stereocenters. The van der Waals surface area contributed by atoms with Gasteiger partial charge >= 0.3 is 0 Å². The van der Waals surface area contributed by atoms with Gasteiger partial charge in [0.1, 0.15) is 11.6 Å². The molecule has 0 saturated carbocycles. The highest BCUT2D eigenvalue weighted by molar-refractivity contribution is 5.90. The highest BCUT2D eigenvalue weighted by Gasteiger charge is 2.14. The molecule has 5 heteroatoms. The van der Waals surface area contributed by atoms with E-state index in [0.717, 1.165) is 18.2 Å². The quantitative estimate of drug-likeness (QED) is 0.852. The summed E-state index contributed by atoms with van der Waals surface area (Å²) in [6.45, 7) is 3.59. The number of rotatable bonds is 4. The highest BCUT2D eigenvalue weighted by atomic mass is 19.1. The molecule has 0 spiro atoms. The Morgan fingerprint density at radius 2 is 2.06 bits per heavy atom. The number of hydrogen-bond acceptors (Lipinski definition) is 2. The molecule has 0 aromatic heterocycles. The number of halogens is 2. The largest absolute Gasteiger partial charge is 0.326 e. The van der Waals surface area contributed by atoms with Crippen molar-refractivity contribution in [2.75, 3.05) is 5.32 Å². The van der Waals surface area contributed by atoms with Gasteiger partial charge in [0.2, 0.25) is 5.91 Å². The Morgan fingerprint density at radius 1 is 1.41 bits per heavy atom. The van der Waals surface area contributed by atoms with Crippen LogP contribution in [0.3, 0.4) is 0 Å². The molecule has 1 amide bonds. The van der Waals surface area contributed by atoms with Crippen LogP contribution in [0.15, 0.2) is 18.2 Å². The van der Waals surface area contributed by atoms with Crippen LogP contribution in [-0.4, -0.2) is 11.4 Å². The second kappa shape index (κ2) is 5.23. The zero-order chi connectivity index (χ0) is 13.1. The molecule has 1 aromatic carbocycles. The molecule has 0 aliphatic rings. The van der Waals surface area contributed by atoms with Crippen LogP contribution in [0.4, 0.5) is 14.5 Å². The van der Waals surface area contributed by atoms with Crippen molar-refractivity contribution in [1.82, 2.24) is 0 Å².